The largest absolute Gasteiger partial charge is 0.325 e. The first-order valence-electron chi connectivity index (χ1n) is 5.41. The van der Waals surface area contributed by atoms with Crippen LogP contribution < -0.4 is 11.1 Å². The van der Waals surface area contributed by atoms with Crippen molar-refractivity contribution in [1.29, 1.82) is 0 Å². The van der Waals surface area contributed by atoms with Crippen molar-refractivity contribution in [2.45, 2.75) is 26.3 Å². The van der Waals surface area contributed by atoms with E-state index in [1.54, 1.807) is 0 Å². The predicted molar refractivity (Wildman–Crippen MR) is 62.4 cm³/mol. The maximum Gasteiger partial charge on any atom is 0.241 e. The van der Waals surface area contributed by atoms with Gasteiger partial charge >= 0.3 is 0 Å². The first-order valence-corrected chi connectivity index (χ1v) is 5.41. The number of hydrogen-bond donors (Lipinski definition) is 2. The summed E-state index contributed by atoms with van der Waals surface area (Å²) in [7, 11) is 0. The van der Waals surface area contributed by atoms with Crippen molar-refractivity contribution in [2.75, 3.05) is 5.32 Å². The number of carbonyl (C=O) groups excluding carboxylic acids is 1. The molecule has 0 aliphatic carbocycles. The lowest BCUT2D eigenvalue weighted by Crippen LogP contribution is -2.36. The highest BCUT2D eigenvalue weighted by atomic mass is 19.2. The van der Waals surface area contributed by atoms with Crippen LogP contribution >= 0.6 is 0 Å². The van der Waals surface area contributed by atoms with Crippen molar-refractivity contribution >= 4 is 11.6 Å². The first-order chi connectivity index (χ1) is 7.90. The van der Waals surface area contributed by atoms with Gasteiger partial charge in [0.2, 0.25) is 5.91 Å². The third-order valence-electron chi connectivity index (χ3n) is 2.25. The molecule has 0 radical (unpaired) electrons. The van der Waals surface area contributed by atoms with Crippen LogP contribution in [0, 0.1) is 17.6 Å². The van der Waals surface area contributed by atoms with Gasteiger partial charge in [0.25, 0.3) is 0 Å². The Morgan fingerprint density at radius 1 is 1.35 bits per heavy atom. The maximum absolute atomic E-state index is 12.9. The Kier molecular flexibility index (Phi) is 4.57. The molecule has 0 bridgehead atoms. The fourth-order valence-corrected chi connectivity index (χ4v) is 1.42. The maximum atomic E-state index is 12.9. The SMILES string of the molecule is CC(C)C[C@H](N)C(=O)Nc1ccc(F)c(F)c1. The quantitative estimate of drug-likeness (QED) is 0.851. The summed E-state index contributed by atoms with van der Waals surface area (Å²) in [4.78, 5) is 11.6. The zero-order chi connectivity index (χ0) is 13.0. The second-order valence-corrected chi connectivity index (χ2v) is 4.35. The molecule has 3 nitrogen and oxygen atoms in total. The van der Waals surface area contributed by atoms with Gasteiger partial charge in [0.15, 0.2) is 11.6 Å². The molecule has 0 unspecified atom stereocenters. The van der Waals surface area contributed by atoms with E-state index < -0.39 is 23.6 Å². The Morgan fingerprint density at radius 3 is 2.53 bits per heavy atom. The Labute approximate surface area is 99.0 Å². The van der Waals surface area contributed by atoms with Crippen molar-refractivity contribution in [3.8, 4) is 0 Å². The van der Waals surface area contributed by atoms with Crippen LogP contribution in [0.1, 0.15) is 20.3 Å². The van der Waals surface area contributed by atoms with Gasteiger partial charge in [-0.15, -0.1) is 0 Å². The van der Waals surface area contributed by atoms with E-state index in [2.05, 4.69) is 5.32 Å². The molecule has 0 aliphatic rings. The molecule has 1 amide bonds. The van der Waals surface area contributed by atoms with E-state index in [1.807, 2.05) is 13.8 Å². The smallest absolute Gasteiger partial charge is 0.241 e. The number of carbonyl (C=O) groups is 1. The minimum atomic E-state index is -1.000. The summed E-state index contributed by atoms with van der Waals surface area (Å²) in [6, 6.07) is 2.52. The fraction of sp³-hybridized carbons (Fsp3) is 0.417. The van der Waals surface area contributed by atoms with Crippen LogP contribution in [0.2, 0.25) is 0 Å². The summed E-state index contributed by atoms with van der Waals surface area (Å²) in [5.41, 5.74) is 5.86. The van der Waals surface area contributed by atoms with Crippen molar-refractivity contribution < 1.29 is 13.6 Å². The normalized spacial score (nSPS) is 12.6. The third-order valence-corrected chi connectivity index (χ3v) is 2.25. The lowest BCUT2D eigenvalue weighted by molar-refractivity contribution is -0.117. The number of amides is 1. The number of benzene rings is 1. The van der Waals surface area contributed by atoms with E-state index in [4.69, 9.17) is 5.73 Å². The molecule has 94 valence electrons. The molecular weight excluding hydrogens is 226 g/mol. The summed E-state index contributed by atoms with van der Waals surface area (Å²) in [6.07, 6.45) is 0.537. The van der Waals surface area contributed by atoms with E-state index in [0.717, 1.165) is 12.1 Å². The van der Waals surface area contributed by atoms with Gasteiger partial charge in [-0.25, -0.2) is 8.78 Å². The zero-order valence-corrected chi connectivity index (χ0v) is 9.84. The molecule has 1 aromatic carbocycles. The molecule has 0 aromatic heterocycles. The highest BCUT2D eigenvalue weighted by molar-refractivity contribution is 5.94. The van der Waals surface area contributed by atoms with Gasteiger partial charge in [-0.1, -0.05) is 13.8 Å². The number of nitrogens with one attached hydrogen (secondary N) is 1. The van der Waals surface area contributed by atoms with Crippen molar-refractivity contribution in [2.24, 2.45) is 11.7 Å². The second-order valence-electron chi connectivity index (χ2n) is 4.35. The molecular formula is C12H16F2N2O. The molecule has 3 N–H and O–H groups in total. The number of halogens is 2. The lowest BCUT2D eigenvalue weighted by atomic mass is 10.0. The molecule has 5 heteroatoms. The van der Waals surface area contributed by atoms with E-state index in [0.29, 0.717) is 12.3 Å². The van der Waals surface area contributed by atoms with Crippen LogP contribution in [0.4, 0.5) is 14.5 Å². The van der Waals surface area contributed by atoms with Gasteiger partial charge < -0.3 is 11.1 Å². The molecule has 1 rings (SSSR count). The van der Waals surface area contributed by atoms with Gasteiger partial charge in [-0.2, -0.15) is 0 Å². The first kappa shape index (κ1) is 13.6. The van der Waals surface area contributed by atoms with Gasteiger partial charge in [-0.3, -0.25) is 4.79 Å². The molecule has 0 saturated heterocycles. The van der Waals surface area contributed by atoms with Gasteiger partial charge in [0.1, 0.15) is 0 Å². The number of hydrogen-bond acceptors (Lipinski definition) is 2. The van der Waals surface area contributed by atoms with Gasteiger partial charge in [0, 0.05) is 11.8 Å². The Hall–Kier alpha value is -1.49. The van der Waals surface area contributed by atoms with Crippen molar-refractivity contribution in [1.82, 2.24) is 0 Å². The zero-order valence-electron chi connectivity index (χ0n) is 9.84. The van der Waals surface area contributed by atoms with Crippen molar-refractivity contribution in [3.05, 3.63) is 29.8 Å². The van der Waals surface area contributed by atoms with Crippen LogP contribution in [-0.4, -0.2) is 11.9 Å². The van der Waals surface area contributed by atoms with E-state index in [-0.39, 0.29) is 5.69 Å². The number of nitrogens with two attached hydrogens (primary N) is 1. The summed E-state index contributed by atoms with van der Waals surface area (Å²) in [5.74, 6) is -2.06. The van der Waals surface area contributed by atoms with Crippen LogP contribution in [0.3, 0.4) is 0 Å². The Morgan fingerprint density at radius 2 is 2.00 bits per heavy atom. The molecule has 0 heterocycles. The fourth-order valence-electron chi connectivity index (χ4n) is 1.42. The molecule has 0 spiro atoms. The van der Waals surface area contributed by atoms with E-state index >= 15 is 0 Å². The standard InChI is InChI=1S/C12H16F2N2O/c1-7(2)5-11(15)12(17)16-8-3-4-9(13)10(14)6-8/h3-4,6-7,11H,5,15H2,1-2H3,(H,16,17)/t11-/m0/s1. The Balaban J connectivity index is 2.64. The minimum absolute atomic E-state index is 0.202. The van der Waals surface area contributed by atoms with Crippen LogP contribution in [0.5, 0.6) is 0 Å². The highest BCUT2D eigenvalue weighted by Gasteiger charge is 2.15. The second kappa shape index (κ2) is 5.72. The van der Waals surface area contributed by atoms with Crippen molar-refractivity contribution in [3.63, 3.8) is 0 Å². The lowest BCUT2D eigenvalue weighted by Gasteiger charge is -2.14. The van der Waals surface area contributed by atoms with Crippen LogP contribution in [0.25, 0.3) is 0 Å². The topological polar surface area (TPSA) is 55.1 Å². The summed E-state index contributed by atoms with van der Waals surface area (Å²) >= 11 is 0. The predicted octanol–water partition coefficient (Wildman–Crippen LogP) is 2.28. The van der Waals surface area contributed by atoms with Gasteiger partial charge in [0.05, 0.1) is 6.04 Å². The molecule has 0 fully saturated rings. The van der Waals surface area contributed by atoms with E-state index in [1.165, 1.54) is 6.07 Å². The monoisotopic (exact) mass is 242 g/mol. The van der Waals surface area contributed by atoms with E-state index in [9.17, 15) is 13.6 Å². The number of anilines is 1. The van der Waals surface area contributed by atoms with Gasteiger partial charge in [-0.05, 0) is 24.5 Å². The molecule has 1 atom stereocenters. The van der Waals surface area contributed by atoms with Crippen LogP contribution in [-0.2, 0) is 4.79 Å². The summed E-state index contributed by atoms with van der Waals surface area (Å²) in [6.45, 7) is 3.90. The number of rotatable bonds is 4. The Bertz CT molecular complexity index is 407. The average molecular weight is 242 g/mol. The van der Waals surface area contributed by atoms with Crippen LogP contribution in [0.15, 0.2) is 18.2 Å². The summed E-state index contributed by atoms with van der Waals surface area (Å²) in [5, 5.41) is 2.44. The third kappa shape index (κ3) is 4.11. The summed E-state index contributed by atoms with van der Waals surface area (Å²) < 4.78 is 25.5. The molecule has 1 aromatic rings. The molecule has 17 heavy (non-hydrogen) atoms. The minimum Gasteiger partial charge on any atom is -0.325 e. The average Bonchev–Trinajstić information content (AvgIpc) is 2.22. The molecule has 0 aliphatic heterocycles. The highest BCUT2D eigenvalue weighted by Crippen LogP contribution is 2.14. The molecule has 0 saturated carbocycles.